The highest BCUT2D eigenvalue weighted by Gasteiger charge is 2.35. The predicted molar refractivity (Wildman–Crippen MR) is 118 cm³/mol. The Bertz CT molecular complexity index is 672. The molecular formula is C18H33N7O5S. The van der Waals surface area contributed by atoms with Crippen LogP contribution in [-0.4, -0.2) is 89.4 Å². The molecule has 0 aromatic rings. The van der Waals surface area contributed by atoms with Crippen molar-refractivity contribution in [3.8, 4) is 0 Å². The quantitative estimate of drug-likeness (QED) is 0.100. The molecule has 0 spiro atoms. The summed E-state index contributed by atoms with van der Waals surface area (Å²) in [6, 6.07) is -2.78. The SMILES string of the molecule is CSCCC(NC(=O)C(CCCN=C(N)N)NC(=O)C1CCCN1C(=O)CN)C(=O)O. The van der Waals surface area contributed by atoms with Gasteiger partial charge in [0.15, 0.2) is 5.96 Å². The second kappa shape index (κ2) is 13.7. The Balaban J connectivity index is 2.87. The summed E-state index contributed by atoms with van der Waals surface area (Å²) in [5, 5.41) is 14.5. The first-order valence-electron chi connectivity index (χ1n) is 10.1. The van der Waals surface area contributed by atoms with E-state index in [0.29, 0.717) is 31.6 Å². The molecule has 1 heterocycles. The van der Waals surface area contributed by atoms with E-state index in [2.05, 4.69) is 15.6 Å². The number of nitrogens with two attached hydrogens (primary N) is 3. The highest BCUT2D eigenvalue weighted by molar-refractivity contribution is 7.98. The molecule has 0 radical (unpaired) electrons. The predicted octanol–water partition coefficient (Wildman–Crippen LogP) is -2.20. The molecule has 0 aliphatic carbocycles. The average Bonchev–Trinajstić information content (AvgIpc) is 3.22. The summed E-state index contributed by atoms with van der Waals surface area (Å²) in [4.78, 5) is 54.3. The molecule has 3 unspecified atom stereocenters. The lowest BCUT2D eigenvalue weighted by atomic mass is 10.1. The van der Waals surface area contributed by atoms with Gasteiger partial charge in [-0.1, -0.05) is 0 Å². The lowest BCUT2D eigenvalue weighted by molar-refractivity contribution is -0.142. The second-order valence-electron chi connectivity index (χ2n) is 7.14. The highest BCUT2D eigenvalue weighted by atomic mass is 32.2. The van der Waals surface area contributed by atoms with Gasteiger partial charge in [-0.3, -0.25) is 19.4 Å². The van der Waals surface area contributed by atoms with Crippen LogP contribution in [0.4, 0.5) is 0 Å². The maximum Gasteiger partial charge on any atom is 0.326 e. The van der Waals surface area contributed by atoms with E-state index < -0.39 is 35.9 Å². The van der Waals surface area contributed by atoms with Crippen molar-refractivity contribution < 1.29 is 24.3 Å². The van der Waals surface area contributed by atoms with Crippen LogP contribution in [0, 0.1) is 0 Å². The number of carbonyl (C=O) groups excluding carboxylic acids is 3. The molecule has 3 amide bonds. The van der Waals surface area contributed by atoms with Crippen LogP contribution in [0.25, 0.3) is 0 Å². The number of aliphatic imine (C=N–C) groups is 1. The molecule has 0 bridgehead atoms. The van der Waals surface area contributed by atoms with Crippen molar-refractivity contribution in [2.24, 2.45) is 22.2 Å². The van der Waals surface area contributed by atoms with Gasteiger partial charge in [-0.2, -0.15) is 11.8 Å². The van der Waals surface area contributed by atoms with Crippen LogP contribution in [0.5, 0.6) is 0 Å². The van der Waals surface area contributed by atoms with E-state index in [4.69, 9.17) is 17.2 Å². The normalized spacial score (nSPS) is 17.5. The van der Waals surface area contributed by atoms with E-state index >= 15 is 0 Å². The van der Waals surface area contributed by atoms with Crippen molar-refractivity contribution in [2.75, 3.05) is 31.6 Å². The topological polar surface area (TPSA) is 206 Å². The van der Waals surface area contributed by atoms with Gasteiger partial charge < -0.3 is 37.8 Å². The number of nitrogens with one attached hydrogen (secondary N) is 2. The number of amides is 3. The van der Waals surface area contributed by atoms with Gasteiger partial charge in [0.25, 0.3) is 0 Å². The molecule has 1 fully saturated rings. The van der Waals surface area contributed by atoms with Gasteiger partial charge in [-0.25, -0.2) is 4.79 Å². The molecule has 1 aliphatic heterocycles. The number of nitrogens with zero attached hydrogens (tertiary/aromatic N) is 2. The zero-order valence-electron chi connectivity index (χ0n) is 17.7. The molecular weight excluding hydrogens is 426 g/mol. The van der Waals surface area contributed by atoms with E-state index in [-0.39, 0.29) is 37.8 Å². The third-order valence-corrected chi connectivity index (χ3v) is 5.50. The van der Waals surface area contributed by atoms with Crippen molar-refractivity contribution >= 4 is 41.4 Å². The maximum atomic E-state index is 12.8. The Morgan fingerprint density at radius 1 is 1.19 bits per heavy atom. The van der Waals surface area contributed by atoms with Crippen molar-refractivity contribution in [1.29, 1.82) is 0 Å². The number of aliphatic carboxylic acids is 1. The van der Waals surface area contributed by atoms with Crippen molar-refractivity contribution in [1.82, 2.24) is 15.5 Å². The van der Waals surface area contributed by atoms with Gasteiger partial charge in [-0.05, 0) is 44.1 Å². The van der Waals surface area contributed by atoms with Gasteiger partial charge in [0.2, 0.25) is 17.7 Å². The number of guanidine groups is 1. The zero-order valence-corrected chi connectivity index (χ0v) is 18.5. The van der Waals surface area contributed by atoms with Gasteiger partial charge in [0, 0.05) is 13.1 Å². The number of rotatable bonds is 13. The number of carbonyl (C=O) groups is 4. The van der Waals surface area contributed by atoms with Crippen LogP contribution in [0.2, 0.25) is 0 Å². The van der Waals surface area contributed by atoms with Crippen LogP contribution in [0.15, 0.2) is 4.99 Å². The Morgan fingerprint density at radius 3 is 2.48 bits per heavy atom. The Morgan fingerprint density at radius 2 is 1.90 bits per heavy atom. The summed E-state index contributed by atoms with van der Waals surface area (Å²) in [7, 11) is 0. The van der Waals surface area contributed by atoms with Crippen LogP contribution in [0.3, 0.4) is 0 Å². The summed E-state index contributed by atoms with van der Waals surface area (Å²) in [5.74, 6) is -2.11. The van der Waals surface area contributed by atoms with E-state index in [1.165, 1.54) is 16.7 Å². The Hall–Kier alpha value is -2.54. The number of carboxylic acid groups (broad SMARTS) is 1. The minimum Gasteiger partial charge on any atom is -0.480 e. The van der Waals surface area contributed by atoms with E-state index in [1.807, 2.05) is 6.26 Å². The first-order chi connectivity index (χ1) is 14.7. The number of carboxylic acids is 1. The van der Waals surface area contributed by atoms with Gasteiger partial charge >= 0.3 is 5.97 Å². The summed E-state index contributed by atoms with van der Waals surface area (Å²) >= 11 is 1.46. The fourth-order valence-electron chi connectivity index (χ4n) is 3.26. The largest absolute Gasteiger partial charge is 0.480 e. The van der Waals surface area contributed by atoms with Crippen LogP contribution < -0.4 is 27.8 Å². The first kappa shape index (κ1) is 26.5. The molecule has 1 aliphatic rings. The monoisotopic (exact) mass is 459 g/mol. The molecule has 31 heavy (non-hydrogen) atoms. The molecule has 3 atom stereocenters. The molecule has 0 saturated carbocycles. The molecule has 1 saturated heterocycles. The molecule has 1 rings (SSSR count). The van der Waals surface area contributed by atoms with E-state index in [1.54, 1.807) is 0 Å². The third kappa shape index (κ3) is 9.00. The standard InChI is InChI=1S/C18H33N7O5S/c1-31-9-6-12(17(29)30)24-15(27)11(4-2-7-22-18(20)21)23-16(28)13-5-3-8-25(13)14(26)10-19/h11-13H,2-10,19H2,1H3,(H,23,28)(H,24,27)(H,29,30)(H4,20,21,22). The lowest BCUT2D eigenvalue weighted by Crippen LogP contribution is -2.55. The number of hydrogen-bond acceptors (Lipinski definition) is 7. The molecule has 13 heteroatoms. The molecule has 0 aromatic heterocycles. The van der Waals surface area contributed by atoms with Gasteiger partial charge in [0.05, 0.1) is 6.54 Å². The molecule has 0 aromatic carbocycles. The Labute approximate surface area is 185 Å². The summed E-state index contributed by atoms with van der Waals surface area (Å²) in [5.41, 5.74) is 16.0. The third-order valence-electron chi connectivity index (χ3n) is 4.85. The molecule has 9 N–H and O–H groups in total. The fraction of sp³-hybridized carbons (Fsp3) is 0.722. The van der Waals surface area contributed by atoms with Crippen LogP contribution in [-0.2, 0) is 19.2 Å². The zero-order chi connectivity index (χ0) is 23.4. The minimum absolute atomic E-state index is 0.0880. The van der Waals surface area contributed by atoms with Gasteiger partial charge in [0.1, 0.15) is 18.1 Å². The van der Waals surface area contributed by atoms with Crippen LogP contribution >= 0.6 is 11.8 Å². The van der Waals surface area contributed by atoms with Crippen molar-refractivity contribution in [2.45, 2.75) is 50.2 Å². The summed E-state index contributed by atoms with van der Waals surface area (Å²) in [6.07, 6.45) is 3.78. The van der Waals surface area contributed by atoms with Gasteiger partial charge in [-0.15, -0.1) is 0 Å². The highest BCUT2D eigenvalue weighted by Crippen LogP contribution is 2.18. The Kier molecular flexibility index (Phi) is 11.7. The average molecular weight is 460 g/mol. The number of hydrogen-bond donors (Lipinski definition) is 6. The fourth-order valence-corrected chi connectivity index (χ4v) is 3.73. The van der Waals surface area contributed by atoms with Crippen molar-refractivity contribution in [3.63, 3.8) is 0 Å². The second-order valence-corrected chi connectivity index (χ2v) is 8.13. The smallest absolute Gasteiger partial charge is 0.326 e. The number of likely N-dealkylation sites (tertiary alicyclic amines) is 1. The van der Waals surface area contributed by atoms with Crippen LogP contribution in [0.1, 0.15) is 32.1 Å². The minimum atomic E-state index is -1.15. The number of thioether (sulfide) groups is 1. The molecule has 176 valence electrons. The molecule has 12 nitrogen and oxygen atoms in total. The summed E-state index contributed by atoms with van der Waals surface area (Å²) < 4.78 is 0. The lowest BCUT2D eigenvalue weighted by Gasteiger charge is -2.26. The maximum absolute atomic E-state index is 12.8. The van der Waals surface area contributed by atoms with E-state index in [0.717, 1.165) is 0 Å². The van der Waals surface area contributed by atoms with Crippen molar-refractivity contribution in [3.05, 3.63) is 0 Å². The summed E-state index contributed by atoms with van der Waals surface area (Å²) in [6.45, 7) is 0.464. The first-order valence-corrected chi connectivity index (χ1v) is 11.5. The van der Waals surface area contributed by atoms with E-state index in [9.17, 15) is 24.3 Å².